The molecule has 3 aromatic carbocycles. The second kappa shape index (κ2) is 7.28. The lowest BCUT2D eigenvalue weighted by Crippen LogP contribution is -2.30. The first-order chi connectivity index (χ1) is 16.7. The summed E-state index contributed by atoms with van der Waals surface area (Å²) in [7, 11) is 2.10. The van der Waals surface area contributed by atoms with Crippen LogP contribution in [0.15, 0.2) is 101 Å². The summed E-state index contributed by atoms with van der Waals surface area (Å²) >= 11 is 1.77. The van der Waals surface area contributed by atoms with Gasteiger partial charge in [-0.05, 0) is 46.2 Å². The predicted octanol–water partition coefficient (Wildman–Crippen LogP) is 8.28. The molecule has 3 heterocycles. The molecule has 7 rings (SSSR count). The first-order valence-electron chi connectivity index (χ1n) is 11.5. The van der Waals surface area contributed by atoms with E-state index >= 15 is 0 Å². The van der Waals surface area contributed by atoms with Crippen LogP contribution in [0.1, 0.15) is 5.56 Å². The van der Waals surface area contributed by atoms with Crippen LogP contribution in [0.4, 0.5) is 0 Å². The van der Waals surface area contributed by atoms with E-state index in [4.69, 9.17) is 4.42 Å². The van der Waals surface area contributed by atoms with Crippen molar-refractivity contribution in [3.8, 4) is 56.2 Å². The highest BCUT2D eigenvalue weighted by atomic mass is 32.1. The molecule has 0 atom stereocenters. The Morgan fingerprint density at radius 1 is 0.647 bits per heavy atom. The Hall–Kier alpha value is -3.95. The summed E-state index contributed by atoms with van der Waals surface area (Å²) in [6.45, 7) is 2.21. The van der Waals surface area contributed by atoms with Gasteiger partial charge in [0.1, 0.15) is 17.5 Å². The summed E-state index contributed by atoms with van der Waals surface area (Å²) in [6.07, 6.45) is 2.13. The highest BCUT2D eigenvalue weighted by Crippen LogP contribution is 2.51. The molecule has 2 nitrogen and oxygen atoms in total. The van der Waals surface area contributed by atoms with Crippen molar-refractivity contribution in [1.29, 1.82) is 0 Å². The molecule has 6 aromatic rings. The van der Waals surface area contributed by atoms with E-state index in [0.717, 1.165) is 22.8 Å². The Balaban J connectivity index is 1.65. The number of hydrogen-bond acceptors (Lipinski definition) is 2. The van der Waals surface area contributed by atoms with Crippen molar-refractivity contribution < 1.29 is 8.98 Å². The van der Waals surface area contributed by atoms with E-state index in [0.29, 0.717) is 0 Å². The van der Waals surface area contributed by atoms with Crippen LogP contribution < -0.4 is 4.57 Å². The third-order valence-corrected chi connectivity index (χ3v) is 7.92. The molecule has 0 spiro atoms. The quantitative estimate of drug-likeness (QED) is 0.227. The van der Waals surface area contributed by atoms with Crippen molar-refractivity contribution in [3.05, 3.63) is 102 Å². The summed E-state index contributed by atoms with van der Waals surface area (Å²) in [6, 6.07) is 30.4. The molecule has 0 saturated heterocycles. The van der Waals surface area contributed by atoms with Gasteiger partial charge in [0.2, 0.25) is 5.76 Å². The highest BCUT2D eigenvalue weighted by molar-refractivity contribution is 7.17. The van der Waals surface area contributed by atoms with Gasteiger partial charge in [0, 0.05) is 28.1 Å². The molecule has 3 aromatic heterocycles. The van der Waals surface area contributed by atoms with Crippen molar-refractivity contribution in [2.24, 2.45) is 7.05 Å². The average Bonchev–Trinajstić information content (AvgIpc) is 3.48. The molecule has 162 valence electrons. The lowest BCUT2D eigenvalue weighted by molar-refractivity contribution is -0.659. The summed E-state index contributed by atoms with van der Waals surface area (Å²) in [4.78, 5) is 0. The summed E-state index contributed by atoms with van der Waals surface area (Å²) in [5.41, 5.74) is 10.8. The number of fused-ring (bicyclic) bond motifs is 9. The molecule has 1 aliphatic carbocycles. The SMILES string of the molecule is Cc1c(-c2c3sccc3cc[n+]2C)oc2c1-c1ccccc1-c1ccccc1-c1ccccc1-2. The highest BCUT2D eigenvalue weighted by Gasteiger charge is 2.31. The van der Waals surface area contributed by atoms with E-state index < -0.39 is 0 Å². The van der Waals surface area contributed by atoms with E-state index in [2.05, 4.69) is 115 Å². The molecule has 0 N–H and O–H groups in total. The number of hydrogen-bond donors (Lipinski definition) is 0. The van der Waals surface area contributed by atoms with Crippen LogP contribution >= 0.6 is 11.3 Å². The first kappa shape index (κ1) is 19.5. The minimum Gasteiger partial charge on any atom is -0.449 e. The number of nitrogens with zero attached hydrogens (tertiary/aromatic N) is 1. The molecule has 3 heteroatoms. The van der Waals surface area contributed by atoms with Crippen molar-refractivity contribution >= 4 is 21.4 Å². The normalized spacial score (nSPS) is 11.8. The van der Waals surface area contributed by atoms with Gasteiger partial charge in [0.25, 0.3) is 5.69 Å². The number of benzene rings is 3. The number of aryl methyl sites for hydroxylation is 1. The first-order valence-corrected chi connectivity index (χ1v) is 12.4. The fourth-order valence-electron chi connectivity index (χ4n) is 5.39. The minimum absolute atomic E-state index is 0.941. The molecular formula is C31H22NOS+. The Labute approximate surface area is 202 Å². The van der Waals surface area contributed by atoms with Crippen LogP contribution in [-0.2, 0) is 7.05 Å². The van der Waals surface area contributed by atoms with Gasteiger partial charge in [-0.3, -0.25) is 0 Å². The van der Waals surface area contributed by atoms with Crippen molar-refractivity contribution in [3.63, 3.8) is 0 Å². The number of pyridine rings is 1. The third-order valence-electron chi connectivity index (χ3n) is 6.98. The van der Waals surface area contributed by atoms with Crippen LogP contribution in [0.2, 0.25) is 0 Å². The van der Waals surface area contributed by atoms with Crippen molar-refractivity contribution in [1.82, 2.24) is 0 Å². The Kier molecular flexibility index (Phi) is 4.18. The average molecular weight is 457 g/mol. The number of aromatic nitrogens is 1. The predicted molar refractivity (Wildman–Crippen MR) is 141 cm³/mol. The van der Waals surface area contributed by atoms with E-state index in [1.807, 2.05) is 0 Å². The molecular weight excluding hydrogens is 434 g/mol. The maximum absolute atomic E-state index is 6.90. The number of furan rings is 1. The van der Waals surface area contributed by atoms with Gasteiger partial charge in [-0.15, -0.1) is 11.3 Å². The van der Waals surface area contributed by atoms with Gasteiger partial charge >= 0.3 is 0 Å². The van der Waals surface area contributed by atoms with Crippen LogP contribution in [0.3, 0.4) is 0 Å². The monoisotopic (exact) mass is 456 g/mol. The third kappa shape index (κ3) is 2.65. The Morgan fingerprint density at radius 3 is 1.88 bits per heavy atom. The van der Waals surface area contributed by atoms with Gasteiger partial charge < -0.3 is 4.42 Å². The number of thiophene rings is 1. The van der Waals surface area contributed by atoms with Crippen LogP contribution in [0.5, 0.6) is 0 Å². The molecule has 0 aliphatic heterocycles. The molecule has 0 unspecified atom stereocenters. The van der Waals surface area contributed by atoms with Gasteiger partial charge in [-0.25, -0.2) is 0 Å². The standard InChI is InChI=1S/C31H22NOS/c1-19-27-25-13-7-5-11-23(25)21-9-3-4-10-22(21)24-12-6-8-14-26(24)30(27)33-29(19)28-31-20(16-18-34-31)15-17-32(28)2/h3-18H,1-2H3/q+1. The fourth-order valence-corrected chi connectivity index (χ4v) is 6.36. The zero-order valence-electron chi connectivity index (χ0n) is 19.0. The van der Waals surface area contributed by atoms with Gasteiger partial charge in [-0.1, -0.05) is 72.8 Å². The maximum atomic E-state index is 6.90. The molecule has 1 aliphatic rings. The van der Waals surface area contributed by atoms with E-state index in [1.165, 1.54) is 49.0 Å². The second-order valence-electron chi connectivity index (χ2n) is 8.88. The molecule has 0 bridgehead atoms. The van der Waals surface area contributed by atoms with Gasteiger partial charge in [0.05, 0.1) is 0 Å². The topological polar surface area (TPSA) is 17.0 Å². The fraction of sp³-hybridized carbons (Fsp3) is 0.0645. The van der Waals surface area contributed by atoms with E-state index in [9.17, 15) is 0 Å². The lowest BCUT2D eigenvalue weighted by atomic mass is 9.82. The smallest absolute Gasteiger partial charge is 0.266 e. The van der Waals surface area contributed by atoms with Crippen molar-refractivity contribution in [2.75, 3.05) is 0 Å². The van der Waals surface area contributed by atoms with E-state index in [1.54, 1.807) is 11.3 Å². The van der Waals surface area contributed by atoms with Crippen molar-refractivity contribution in [2.45, 2.75) is 6.92 Å². The summed E-state index contributed by atoms with van der Waals surface area (Å²) < 4.78 is 10.3. The van der Waals surface area contributed by atoms with Crippen LogP contribution in [-0.4, -0.2) is 0 Å². The van der Waals surface area contributed by atoms with Crippen LogP contribution in [0, 0.1) is 6.92 Å². The molecule has 0 radical (unpaired) electrons. The maximum Gasteiger partial charge on any atom is 0.266 e. The lowest BCUT2D eigenvalue weighted by Gasteiger charge is -2.20. The Bertz CT molecular complexity index is 1740. The number of rotatable bonds is 1. The Morgan fingerprint density at radius 2 is 1.21 bits per heavy atom. The zero-order chi connectivity index (χ0) is 22.8. The molecule has 0 fully saturated rings. The molecule has 0 saturated carbocycles. The second-order valence-corrected chi connectivity index (χ2v) is 9.79. The molecule has 34 heavy (non-hydrogen) atoms. The van der Waals surface area contributed by atoms with Crippen LogP contribution in [0.25, 0.3) is 66.2 Å². The summed E-state index contributed by atoms with van der Waals surface area (Å²) in [5.74, 6) is 1.88. The largest absolute Gasteiger partial charge is 0.449 e. The zero-order valence-corrected chi connectivity index (χ0v) is 19.8. The van der Waals surface area contributed by atoms with Gasteiger partial charge in [-0.2, -0.15) is 4.57 Å². The minimum atomic E-state index is 0.941. The van der Waals surface area contributed by atoms with Gasteiger partial charge in [0.15, 0.2) is 6.20 Å². The van der Waals surface area contributed by atoms with E-state index in [-0.39, 0.29) is 0 Å². The summed E-state index contributed by atoms with van der Waals surface area (Å²) in [5, 5.41) is 3.40. The molecule has 0 amide bonds.